The number of halogens is 1. The summed E-state index contributed by atoms with van der Waals surface area (Å²) in [6, 6.07) is 9.49. The van der Waals surface area contributed by atoms with Crippen molar-refractivity contribution < 1.29 is 9.47 Å². The molecule has 0 amide bonds. The predicted molar refractivity (Wildman–Crippen MR) is 89.7 cm³/mol. The molecule has 21 heavy (non-hydrogen) atoms. The molecule has 0 aliphatic heterocycles. The van der Waals surface area contributed by atoms with Gasteiger partial charge >= 0.3 is 0 Å². The number of nitrogen functional groups attached to an aromatic ring is 1. The van der Waals surface area contributed by atoms with Gasteiger partial charge < -0.3 is 15.2 Å². The molecule has 2 aromatic carbocycles. The number of methoxy groups -OCH3 is 2. The van der Waals surface area contributed by atoms with Crippen LogP contribution in [0.25, 0.3) is 0 Å². The van der Waals surface area contributed by atoms with Crippen LogP contribution in [-0.4, -0.2) is 14.2 Å². The van der Waals surface area contributed by atoms with Gasteiger partial charge in [-0.2, -0.15) is 0 Å². The topological polar surface area (TPSA) is 44.5 Å². The minimum Gasteiger partial charge on any atom is -0.493 e. The van der Waals surface area contributed by atoms with Gasteiger partial charge in [0.25, 0.3) is 0 Å². The van der Waals surface area contributed by atoms with Gasteiger partial charge in [-0.1, -0.05) is 11.6 Å². The van der Waals surface area contributed by atoms with Gasteiger partial charge in [0.05, 0.1) is 14.2 Å². The number of rotatable bonds is 5. The van der Waals surface area contributed by atoms with Gasteiger partial charge in [-0.25, -0.2) is 0 Å². The van der Waals surface area contributed by atoms with E-state index in [-0.39, 0.29) is 0 Å². The van der Waals surface area contributed by atoms with Gasteiger partial charge in [0.1, 0.15) is 0 Å². The van der Waals surface area contributed by atoms with Gasteiger partial charge in [-0.15, -0.1) is 11.8 Å². The second-order valence-electron chi connectivity index (χ2n) is 4.60. The van der Waals surface area contributed by atoms with E-state index in [2.05, 4.69) is 6.92 Å². The van der Waals surface area contributed by atoms with Crippen LogP contribution >= 0.6 is 23.4 Å². The van der Waals surface area contributed by atoms with Crippen molar-refractivity contribution in [3.8, 4) is 11.5 Å². The van der Waals surface area contributed by atoms with E-state index in [1.807, 2.05) is 24.3 Å². The van der Waals surface area contributed by atoms with E-state index in [9.17, 15) is 0 Å². The van der Waals surface area contributed by atoms with Crippen LogP contribution in [0.5, 0.6) is 11.5 Å². The molecule has 0 atom stereocenters. The zero-order valence-corrected chi connectivity index (χ0v) is 13.8. The van der Waals surface area contributed by atoms with Crippen LogP contribution < -0.4 is 15.2 Å². The molecule has 0 heterocycles. The highest BCUT2D eigenvalue weighted by Crippen LogP contribution is 2.35. The minimum atomic E-state index is 0.690. The number of hydrogen-bond donors (Lipinski definition) is 1. The van der Waals surface area contributed by atoms with Crippen LogP contribution in [0.2, 0.25) is 5.02 Å². The third kappa shape index (κ3) is 3.77. The Morgan fingerprint density at radius 3 is 2.43 bits per heavy atom. The molecule has 112 valence electrons. The summed E-state index contributed by atoms with van der Waals surface area (Å²) in [6.45, 7) is 2.05. The summed E-state index contributed by atoms with van der Waals surface area (Å²) in [7, 11) is 3.28. The lowest BCUT2D eigenvalue weighted by Gasteiger charge is -2.13. The molecular weight excluding hydrogens is 306 g/mol. The molecule has 2 rings (SSSR count). The summed E-state index contributed by atoms with van der Waals surface area (Å²) in [5, 5.41) is 0.690. The zero-order valence-electron chi connectivity index (χ0n) is 12.3. The van der Waals surface area contributed by atoms with Crippen molar-refractivity contribution in [3.63, 3.8) is 0 Å². The fraction of sp³-hybridized carbons (Fsp3) is 0.250. The van der Waals surface area contributed by atoms with Gasteiger partial charge in [0.2, 0.25) is 0 Å². The molecule has 3 nitrogen and oxygen atoms in total. The monoisotopic (exact) mass is 323 g/mol. The molecule has 2 aromatic rings. The van der Waals surface area contributed by atoms with Crippen LogP contribution in [0.3, 0.4) is 0 Å². The largest absolute Gasteiger partial charge is 0.493 e. The Morgan fingerprint density at radius 2 is 1.76 bits per heavy atom. The maximum absolute atomic E-state index is 6.01. The molecule has 2 N–H and O–H groups in total. The van der Waals surface area contributed by atoms with Crippen molar-refractivity contribution in [1.82, 2.24) is 0 Å². The highest BCUT2D eigenvalue weighted by Gasteiger charge is 2.10. The Kier molecular flexibility index (Phi) is 5.26. The minimum absolute atomic E-state index is 0.690. The first kappa shape index (κ1) is 15.9. The van der Waals surface area contributed by atoms with E-state index < -0.39 is 0 Å². The van der Waals surface area contributed by atoms with Gasteiger partial charge in [-0.3, -0.25) is 0 Å². The summed E-state index contributed by atoms with van der Waals surface area (Å²) < 4.78 is 10.6. The maximum Gasteiger partial charge on any atom is 0.161 e. The van der Waals surface area contributed by atoms with Crippen LogP contribution in [-0.2, 0) is 5.75 Å². The van der Waals surface area contributed by atoms with E-state index >= 15 is 0 Å². The van der Waals surface area contributed by atoms with Crippen molar-refractivity contribution in [2.45, 2.75) is 17.6 Å². The Bertz CT molecular complexity index is 646. The van der Waals surface area contributed by atoms with Crippen LogP contribution in [0.4, 0.5) is 5.69 Å². The molecule has 0 aliphatic carbocycles. The second kappa shape index (κ2) is 6.96. The average molecular weight is 324 g/mol. The Hall–Kier alpha value is -1.52. The quantitative estimate of drug-likeness (QED) is 0.648. The van der Waals surface area contributed by atoms with Gasteiger partial charge in [0.15, 0.2) is 11.5 Å². The lowest BCUT2D eigenvalue weighted by atomic mass is 10.1. The van der Waals surface area contributed by atoms with Crippen LogP contribution in [0.15, 0.2) is 35.2 Å². The first-order valence-corrected chi connectivity index (χ1v) is 7.81. The normalized spacial score (nSPS) is 10.5. The lowest BCUT2D eigenvalue weighted by molar-refractivity contribution is 0.354. The van der Waals surface area contributed by atoms with Crippen molar-refractivity contribution >= 4 is 29.1 Å². The molecule has 0 radical (unpaired) electrons. The highest BCUT2D eigenvalue weighted by atomic mass is 35.5. The molecule has 5 heteroatoms. The van der Waals surface area contributed by atoms with E-state index in [1.54, 1.807) is 32.0 Å². The first-order chi connectivity index (χ1) is 10.0. The molecule has 0 aromatic heterocycles. The number of ether oxygens (including phenoxy) is 2. The summed E-state index contributed by atoms with van der Waals surface area (Å²) in [5.74, 6) is 2.26. The first-order valence-electron chi connectivity index (χ1n) is 6.44. The fourth-order valence-corrected chi connectivity index (χ4v) is 3.27. The number of thioether (sulfide) groups is 1. The second-order valence-corrected chi connectivity index (χ2v) is 6.06. The van der Waals surface area contributed by atoms with Crippen molar-refractivity contribution in [1.29, 1.82) is 0 Å². The molecule has 0 aliphatic rings. The van der Waals surface area contributed by atoms with Gasteiger partial charge in [-0.05, 0) is 48.4 Å². The average Bonchev–Trinajstić information content (AvgIpc) is 2.48. The third-order valence-corrected chi connectivity index (χ3v) is 4.56. The Labute approximate surface area is 134 Å². The number of nitrogens with two attached hydrogens (primary N) is 1. The summed E-state index contributed by atoms with van der Waals surface area (Å²) >= 11 is 7.67. The Balaban J connectivity index is 2.21. The van der Waals surface area contributed by atoms with Crippen LogP contribution in [0.1, 0.15) is 11.1 Å². The van der Waals surface area contributed by atoms with E-state index in [0.717, 1.165) is 33.4 Å². The van der Waals surface area contributed by atoms with E-state index in [4.69, 9.17) is 26.8 Å². The number of hydrogen-bond acceptors (Lipinski definition) is 4. The Morgan fingerprint density at radius 1 is 1.10 bits per heavy atom. The van der Waals surface area contributed by atoms with Crippen LogP contribution in [0, 0.1) is 6.92 Å². The number of benzene rings is 2. The maximum atomic E-state index is 6.01. The highest BCUT2D eigenvalue weighted by molar-refractivity contribution is 7.98. The molecule has 0 bridgehead atoms. The molecule has 0 unspecified atom stereocenters. The molecular formula is C16H18ClNO2S. The van der Waals surface area contributed by atoms with Crippen molar-refractivity contribution in [2.24, 2.45) is 0 Å². The molecule has 0 fully saturated rings. The predicted octanol–water partition coefficient (Wildman–Crippen LogP) is 4.54. The van der Waals surface area contributed by atoms with Crippen molar-refractivity contribution in [3.05, 3.63) is 46.5 Å². The van der Waals surface area contributed by atoms with Gasteiger partial charge in [0, 0.05) is 21.4 Å². The molecule has 0 spiro atoms. The standard InChI is InChI=1S/C16H18ClNO2S/c1-10-6-14(19-2)15(20-3)7-11(10)9-21-16-8-12(17)4-5-13(16)18/h4-8H,9,18H2,1-3H3. The number of anilines is 1. The SMILES string of the molecule is COc1cc(C)c(CSc2cc(Cl)ccc2N)cc1OC. The summed E-state index contributed by atoms with van der Waals surface area (Å²) in [4.78, 5) is 0.983. The zero-order chi connectivity index (χ0) is 15.4. The summed E-state index contributed by atoms with van der Waals surface area (Å²) in [5.41, 5.74) is 9.04. The summed E-state index contributed by atoms with van der Waals surface area (Å²) in [6.07, 6.45) is 0. The third-order valence-electron chi connectivity index (χ3n) is 3.20. The number of aryl methyl sites for hydroxylation is 1. The fourth-order valence-electron chi connectivity index (χ4n) is 1.97. The van der Waals surface area contributed by atoms with Crippen molar-refractivity contribution in [2.75, 3.05) is 20.0 Å². The van der Waals surface area contributed by atoms with E-state index in [0.29, 0.717) is 5.02 Å². The smallest absolute Gasteiger partial charge is 0.161 e. The molecule has 0 saturated carbocycles. The van der Waals surface area contributed by atoms with E-state index in [1.165, 1.54) is 5.56 Å². The lowest BCUT2D eigenvalue weighted by Crippen LogP contribution is -1.95. The molecule has 0 saturated heterocycles.